The van der Waals surface area contributed by atoms with E-state index in [1.807, 2.05) is 24.3 Å². The van der Waals surface area contributed by atoms with Crippen LogP contribution in [0.5, 0.6) is 5.75 Å². The number of amides is 1. The third-order valence-electron chi connectivity index (χ3n) is 6.45. The number of benzene rings is 2. The number of hydrogen-bond acceptors (Lipinski definition) is 4. The lowest BCUT2D eigenvalue weighted by molar-refractivity contribution is -0.121. The molecule has 0 bridgehead atoms. The van der Waals surface area contributed by atoms with Crippen LogP contribution in [0, 0.1) is 6.92 Å². The van der Waals surface area contributed by atoms with Gasteiger partial charge >= 0.3 is 0 Å². The molecule has 1 amide bonds. The summed E-state index contributed by atoms with van der Waals surface area (Å²) in [6.07, 6.45) is 6.25. The van der Waals surface area contributed by atoms with Gasteiger partial charge in [-0.05, 0) is 88.1 Å². The van der Waals surface area contributed by atoms with Gasteiger partial charge in [0.15, 0.2) is 0 Å². The molecule has 1 N–H and O–H groups in total. The zero-order valence-corrected chi connectivity index (χ0v) is 20.8. The van der Waals surface area contributed by atoms with Gasteiger partial charge in [0.05, 0.1) is 11.0 Å². The van der Waals surface area contributed by atoms with E-state index in [0.29, 0.717) is 18.1 Å². The van der Waals surface area contributed by atoms with Crippen LogP contribution in [-0.2, 0) is 17.9 Å². The summed E-state index contributed by atoms with van der Waals surface area (Å²) in [5.41, 5.74) is 3.20. The first-order valence-corrected chi connectivity index (χ1v) is 12.8. The lowest BCUT2D eigenvalue weighted by atomic mass is 10.1. The van der Waals surface area contributed by atoms with Crippen molar-refractivity contribution in [2.45, 2.75) is 58.6 Å². The molecule has 6 nitrogen and oxygen atoms in total. The smallest absolute Gasteiger partial charge is 0.220 e. The van der Waals surface area contributed by atoms with Crippen LogP contribution in [0.25, 0.3) is 11.0 Å². The first-order valence-electron chi connectivity index (χ1n) is 12.4. The standard InChI is InChI=1S/C27H35ClN4O2/c1-21-8-5-9-24-27(21)30-25(20-34-23-13-11-22(28)12-14-23)32(24)19-6-10-26(33)29-15-7-18-31-16-3-2-4-17-31/h5,8-9,11-14H,2-4,6-7,10,15-20H2,1H3,(H,29,33). The SMILES string of the molecule is Cc1cccc2c1nc(COc1ccc(Cl)cc1)n2CCCC(=O)NCCCN1CCCCC1. The molecule has 3 aromatic rings. The fourth-order valence-corrected chi connectivity index (χ4v) is 4.70. The molecule has 2 heterocycles. The summed E-state index contributed by atoms with van der Waals surface area (Å²) in [5.74, 6) is 1.74. The molecule has 0 aliphatic carbocycles. The third-order valence-corrected chi connectivity index (χ3v) is 6.70. The van der Waals surface area contributed by atoms with Crippen molar-refractivity contribution in [3.63, 3.8) is 0 Å². The van der Waals surface area contributed by atoms with E-state index in [1.54, 1.807) is 0 Å². The van der Waals surface area contributed by atoms with Gasteiger partial charge in [0.2, 0.25) is 5.91 Å². The van der Waals surface area contributed by atoms with Crippen LogP contribution in [0.4, 0.5) is 0 Å². The lowest BCUT2D eigenvalue weighted by Crippen LogP contribution is -2.33. The summed E-state index contributed by atoms with van der Waals surface area (Å²) in [5, 5.41) is 3.77. The molecule has 1 aromatic heterocycles. The van der Waals surface area contributed by atoms with Gasteiger partial charge in [0.1, 0.15) is 18.2 Å². The third kappa shape index (κ3) is 6.73. The Balaban J connectivity index is 1.29. The van der Waals surface area contributed by atoms with Crippen molar-refractivity contribution >= 4 is 28.5 Å². The highest BCUT2D eigenvalue weighted by atomic mass is 35.5. The van der Waals surface area contributed by atoms with Crippen molar-refractivity contribution in [1.82, 2.24) is 19.8 Å². The number of nitrogens with zero attached hydrogens (tertiary/aromatic N) is 3. The Morgan fingerprint density at radius 3 is 2.65 bits per heavy atom. The van der Waals surface area contributed by atoms with Crippen LogP contribution in [0.1, 0.15) is 49.9 Å². The number of piperidine rings is 1. The van der Waals surface area contributed by atoms with Crippen LogP contribution < -0.4 is 10.1 Å². The van der Waals surface area contributed by atoms with Crippen molar-refractivity contribution in [3.8, 4) is 5.75 Å². The number of halogens is 1. The highest BCUT2D eigenvalue weighted by Gasteiger charge is 2.14. The van der Waals surface area contributed by atoms with Crippen LogP contribution in [0.3, 0.4) is 0 Å². The molecule has 0 spiro atoms. The summed E-state index contributed by atoms with van der Waals surface area (Å²) < 4.78 is 8.16. The monoisotopic (exact) mass is 482 g/mol. The number of ether oxygens (including phenoxy) is 1. The molecule has 1 aliphatic heterocycles. The summed E-state index contributed by atoms with van der Waals surface area (Å²) in [7, 11) is 0. The van der Waals surface area contributed by atoms with Crippen LogP contribution in [0.15, 0.2) is 42.5 Å². The number of fused-ring (bicyclic) bond motifs is 1. The van der Waals surface area contributed by atoms with E-state index >= 15 is 0 Å². The summed E-state index contributed by atoms with van der Waals surface area (Å²) in [6.45, 7) is 7.40. The highest BCUT2D eigenvalue weighted by Crippen LogP contribution is 2.22. The lowest BCUT2D eigenvalue weighted by Gasteiger charge is -2.26. The molecule has 34 heavy (non-hydrogen) atoms. The molecule has 1 saturated heterocycles. The zero-order chi connectivity index (χ0) is 23.8. The normalized spacial score (nSPS) is 14.4. The van der Waals surface area contributed by atoms with E-state index < -0.39 is 0 Å². The number of para-hydroxylation sites is 1. The van der Waals surface area contributed by atoms with Crippen molar-refractivity contribution in [3.05, 3.63) is 58.9 Å². The Morgan fingerprint density at radius 2 is 1.85 bits per heavy atom. The zero-order valence-electron chi connectivity index (χ0n) is 20.1. The molecular weight excluding hydrogens is 448 g/mol. The number of imidazole rings is 1. The highest BCUT2D eigenvalue weighted by molar-refractivity contribution is 6.30. The molecular formula is C27H35ClN4O2. The second-order valence-corrected chi connectivity index (χ2v) is 9.51. The Bertz CT molecular complexity index is 1070. The molecule has 0 saturated carbocycles. The minimum absolute atomic E-state index is 0.123. The number of aryl methyl sites for hydroxylation is 2. The second-order valence-electron chi connectivity index (χ2n) is 9.07. The largest absolute Gasteiger partial charge is 0.486 e. The van der Waals surface area contributed by atoms with Crippen molar-refractivity contribution in [1.29, 1.82) is 0 Å². The summed E-state index contributed by atoms with van der Waals surface area (Å²) >= 11 is 5.98. The topological polar surface area (TPSA) is 59.4 Å². The van der Waals surface area contributed by atoms with Crippen LogP contribution in [-0.4, -0.2) is 46.5 Å². The maximum Gasteiger partial charge on any atom is 0.220 e. The minimum atomic E-state index is 0.123. The van der Waals surface area contributed by atoms with Gasteiger partial charge in [-0.25, -0.2) is 4.98 Å². The maximum atomic E-state index is 12.4. The predicted molar refractivity (Wildman–Crippen MR) is 137 cm³/mol. The molecule has 4 rings (SSSR count). The summed E-state index contributed by atoms with van der Waals surface area (Å²) in [6, 6.07) is 13.5. The molecule has 0 atom stereocenters. The second kappa shape index (κ2) is 12.2. The average molecular weight is 483 g/mol. The quantitative estimate of drug-likeness (QED) is 0.374. The van der Waals surface area contributed by atoms with E-state index in [9.17, 15) is 4.79 Å². The van der Waals surface area contributed by atoms with Crippen molar-refractivity contribution in [2.75, 3.05) is 26.2 Å². The number of hydrogen-bond donors (Lipinski definition) is 1. The van der Waals surface area contributed by atoms with Gasteiger partial charge in [-0.3, -0.25) is 4.79 Å². The minimum Gasteiger partial charge on any atom is -0.486 e. The first kappa shape index (κ1) is 24.6. The molecule has 182 valence electrons. The number of nitrogens with one attached hydrogen (secondary N) is 1. The fourth-order valence-electron chi connectivity index (χ4n) is 4.57. The molecule has 2 aromatic carbocycles. The number of likely N-dealkylation sites (tertiary alicyclic amines) is 1. The maximum absolute atomic E-state index is 12.4. The average Bonchev–Trinajstić information content (AvgIpc) is 3.21. The van der Waals surface area contributed by atoms with Crippen LogP contribution in [0.2, 0.25) is 5.02 Å². The molecule has 1 fully saturated rings. The van der Waals surface area contributed by atoms with E-state index in [4.69, 9.17) is 21.3 Å². The van der Waals surface area contributed by atoms with Gasteiger partial charge in [0, 0.05) is 24.5 Å². The van der Waals surface area contributed by atoms with Gasteiger partial charge in [-0.1, -0.05) is 30.2 Å². The molecule has 0 radical (unpaired) electrons. The van der Waals surface area contributed by atoms with Crippen molar-refractivity contribution in [2.24, 2.45) is 0 Å². The van der Waals surface area contributed by atoms with Gasteiger partial charge < -0.3 is 19.5 Å². The van der Waals surface area contributed by atoms with E-state index in [-0.39, 0.29) is 5.91 Å². The number of carbonyl (C=O) groups excluding carboxylic acids is 1. The Kier molecular flexibility index (Phi) is 8.83. The van der Waals surface area contributed by atoms with E-state index in [1.165, 1.54) is 32.4 Å². The van der Waals surface area contributed by atoms with E-state index in [2.05, 4.69) is 39.9 Å². The fraction of sp³-hybridized carbons (Fsp3) is 0.481. The Labute approximate surface area is 207 Å². The van der Waals surface area contributed by atoms with E-state index in [0.717, 1.165) is 60.6 Å². The number of rotatable bonds is 11. The first-order chi connectivity index (χ1) is 16.6. The number of carbonyl (C=O) groups is 1. The Hall–Kier alpha value is -2.57. The van der Waals surface area contributed by atoms with Gasteiger partial charge in [0.25, 0.3) is 0 Å². The van der Waals surface area contributed by atoms with Gasteiger partial charge in [-0.2, -0.15) is 0 Å². The van der Waals surface area contributed by atoms with Gasteiger partial charge in [-0.15, -0.1) is 0 Å². The Morgan fingerprint density at radius 1 is 1.06 bits per heavy atom. The molecule has 7 heteroatoms. The predicted octanol–water partition coefficient (Wildman–Crippen LogP) is 5.35. The molecule has 0 unspecified atom stereocenters. The molecule has 1 aliphatic rings. The summed E-state index contributed by atoms with van der Waals surface area (Å²) in [4.78, 5) is 19.7. The number of aromatic nitrogens is 2. The van der Waals surface area contributed by atoms with Crippen molar-refractivity contribution < 1.29 is 9.53 Å². The van der Waals surface area contributed by atoms with Crippen LogP contribution >= 0.6 is 11.6 Å².